The first-order valence-electron chi connectivity index (χ1n) is 22.6. The Kier molecular flexibility index (Phi) is 18.2. The molecule has 4 aromatic carbocycles. The number of fused-ring (bicyclic) bond motifs is 8. The van der Waals surface area contributed by atoms with Crippen LogP contribution in [0.5, 0.6) is 23.0 Å². The van der Waals surface area contributed by atoms with Gasteiger partial charge in [-0.05, 0) is 25.7 Å². The van der Waals surface area contributed by atoms with Crippen LogP contribution in [0.3, 0.4) is 0 Å². The van der Waals surface area contributed by atoms with Crippen molar-refractivity contribution in [2.45, 2.75) is 130 Å². The van der Waals surface area contributed by atoms with Crippen molar-refractivity contribution < 1.29 is 38.6 Å². The summed E-state index contributed by atoms with van der Waals surface area (Å²) in [5, 5.41) is 50.7. The molecule has 64 heavy (non-hydrogen) atoms. The second-order valence-corrected chi connectivity index (χ2v) is 16.3. The number of nitrogens with zero attached hydrogens (tertiary/aromatic N) is 4. The molecule has 0 spiro atoms. The van der Waals surface area contributed by atoms with Gasteiger partial charge in [-0.1, -0.05) is 79.1 Å². The summed E-state index contributed by atoms with van der Waals surface area (Å²) in [7, 11) is 0. The Balaban J connectivity index is 1.93. The lowest BCUT2D eigenvalue weighted by molar-refractivity contribution is -0.385. The second kappa shape index (κ2) is 23.9. The van der Waals surface area contributed by atoms with E-state index in [4.69, 9.17) is 18.9 Å². The molecule has 0 N–H and O–H groups in total. The summed E-state index contributed by atoms with van der Waals surface area (Å²) in [4.78, 5) is 48.7. The topological polar surface area (TPSA) is 209 Å². The molecular weight excluding hydrogens is 825 g/mol. The number of non-ortho nitro benzene ring substituents is 4. The van der Waals surface area contributed by atoms with E-state index in [2.05, 4.69) is 27.7 Å². The molecule has 344 valence electrons. The summed E-state index contributed by atoms with van der Waals surface area (Å²) >= 11 is 0. The maximum Gasteiger partial charge on any atom is 0.270 e. The zero-order chi connectivity index (χ0) is 46.2. The first-order valence-corrected chi connectivity index (χ1v) is 22.6. The SMILES string of the molecule is CCCCCOc1c2cc([N+](=O)[O-])cc1Cc1cc([N+](=O)[O-])cc(c1OCCCCC)Cc1cc([N+](=O)[O-])cc(c1OCCCCC)Cc1cc([N+](=O)[O-])cc(c1OCCCCC)C2. The normalized spacial score (nSPS) is 12.1. The van der Waals surface area contributed by atoms with Crippen LogP contribution in [0, 0.1) is 40.5 Å². The van der Waals surface area contributed by atoms with Gasteiger partial charge < -0.3 is 18.9 Å². The molecule has 1 aliphatic carbocycles. The third-order valence-corrected chi connectivity index (χ3v) is 11.3. The highest BCUT2D eigenvalue weighted by Crippen LogP contribution is 2.43. The van der Waals surface area contributed by atoms with E-state index in [-0.39, 0.29) is 74.9 Å². The van der Waals surface area contributed by atoms with Crippen LogP contribution < -0.4 is 18.9 Å². The fraction of sp³-hybridized carbons (Fsp3) is 0.500. The first kappa shape index (κ1) is 48.7. The molecule has 0 aliphatic heterocycles. The average molecular weight is 885 g/mol. The fourth-order valence-corrected chi connectivity index (χ4v) is 8.08. The van der Waals surface area contributed by atoms with Crippen molar-refractivity contribution in [2.24, 2.45) is 0 Å². The van der Waals surface area contributed by atoms with Crippen LogP contribution in [0.25, 0.3) is 0 Å². The number of ether oxygens (including phenoxy) is 4. The largest absolute Gasteiger partial charge is 0.493 e. The molecule has 16 nitrogen and oxygen atoms in total. The smallest absolute Gasteiger partial charge is 0.270 e. The summed E-state index contributed by atoms with van der Waals surface area (Å²) in [6, 6.07) is 11.2. The van der Waals surface area contributed by atoms with Gasteiger partial charge in [0, 0.05) is 119 Å². The van der Waals surface area contributed by atoms with E-state index < -0.39 is 19.7 Å². The van der Waals surface area contributed by atoms with E-state index in [0.717, 1.165) is 51.4 Å². The lowest BCUT2D eigenvalue weighted by atomic mass is 9.90. The Morgan fingerprint density at radius 1 is 0.344 bits per heavy atom. The molecule has 1 aliphatic rings. The maximum absolute atomic E-state index is 12.7. The molecule has 0 amide bonds. The zero-order valence-corrected chi connectivity index (χ0v) is 37.4. The van der Waals surface area contributed by atoms with E-state index in [1.54, 1.807) is 0 Å². The minimum atomic E-state index is -0.518. The highest BCUT2D eigenvalue weighted by molar-refractivity contribution is 5.62. The van der Waals surface area contributed by atoms with Gasteiger partial charge in [-0.25, -0.2) is 0 Å². The Morgan fingerprint density at radius 2 is 0.516 bits per heavy atom. The van der Waals surface area contributed by atoms with Gasteiger partial charge >= 0.3 is 0 Å². The molecule has 16 heteroatoms. The van der Waals surface area contributed by atoms with Gasteiger partial charge in [0.05, 0.1) is 46.1 Å². The van der Waals surface area contributed by atoms with Crippen molar-refractivity contribution in [3.8, 4) is 23.0 Å². The number of nitro benzene ring substituents is 4. The van der Waals surface area contributed by atoms with Crippen LogP contribution in [0.2, 0.25) is 0 Å². The van der Waals surface area contributed by atoms with Crippen molar-refractivity contribution in [3.05, 3.63) is 133 Å². The number of nitro groups is 4. The van der Waals surface area contributed by atoms with Crippen molar-refractivity contribution in [1.29, 1.82) is 0 Å². The first-order chi connectivity index (χ1) is 30.9. The third-order valence-electron chi connectivity index (χ3n) is 11.3. The van der Waals surface area contributed by atoms with Crippen LogP contribution in [0.4, 0.5) is 22.7 Å². The number of benzene rings is 4. The minimum Gasteiger partial charge on any atom is -0.493 e. The van der Waals surface area contributed by atoms with Crippen LogP contribution in [-0.4, -0.2) is 46.1 Å². The Morgan fingerprint density at radius 3 is 0.656 bits per heavy atom. The molecule has 0 aromatic heterocycles. The lowest BCUT2D eigenvalue weighted by Gasteiger charge is -2.23. The molecule has 5 rings (SSSR count). The van der Waals surface area contributed by atoms with E-state index in [1.807, 2.05) is 0 Å². The molecular formula is C48H60N4O12. The average Bonchev–Trinajstić information content (AvgIpc) is 3.25. The fourth-order valence-electron chi connectivity index (χ4n) is 8.08. The molecule has 0 saturated carbocycles. The number of unbranched alkanes of at least 4 members (excludes halogenated alkanes) is 8. The van der Waals surface area contributed by atoms with Crippen LogP contribution in [-0.2, 0) is 25.7 Å². The maximum atomic E-state index is 12.7. The van der Waals surface area contributed by atoms with Gasteiger partial charge in [0.1, 0.15) is 23.0 Å². The summed E-state index contributed by atoms with van der Waals surface area (Å²) in [5.41, 5.74) is 1.90. The number of hydrogen-bond donors (Lipinski definition) is 0. The highest BCUT2D eigenvalue weighted by atomic mass is 16.6. The molecule has 8 bridgehead atoms. The third kappa shape index (κ3) is 12.9. The van der Waals surface area contributed by atoms with Crippen molar-refractivity contribution in [2.75, 3.05) is 26.4 Å². The molecule has 0 heterocycles. The standard InChI is InChI=1S/C48H60N4O12/c1-5-9-13-17-61-45-33-21-35-27-42(50(55)56)29-37(46(35)62-18-14-10-6-2)23-39-31-44(52(59)60)32-40(48(39)64-20-16-12-8-4)24-38-30-43(51(57)58)28-36(47(38)63-19-15-11-7-3)22-34(45)26-41(25-33)49(53)54/h25-32H,5-24H2,1-4H3. The molecule has 0 saturated heterocycles. The van der Waals surface area contributed by atoms with Crippen LogP contribution in [0.15, 0.2) is 48.5 Å². The Labute approximate surface area is 373 Å². The van der Waals surface area contributed by atoms with E-state index in [9.17, 15) is 40.5 Å². The van der Waals surface area contributed by atoms with Gasteiger partial charge in [0.15, 0.2) is 0 Å². The van der Waals surface area contributed by atoms with Gasteiger partial charge in [-0.2, -0.15) is 0 Å². The number of hydrogen-bond acceptors (Lipinski definition) is 12. The molecule has 0 radical (unpaired) electrons. The minimum absolute atomic E-state index is 0.0866. The molecule has 0 unspecified atom stereocenters. The van der Waals surface area contributed by atoms with E-state index in [0.29, 0.717) is 93.2 Å². The summed E-state index contributed by atoms with van der Waals surface area (Å²) < 4.78 is 26.2. The van der Waals surface area contributed by atoms with Crippen LogP contribution in [0.1, 0.15) is 149 Å². The molecule has 0 atom stereocenters. The predicted octanol–water partition coefficient (Wildman–Crippen LogP) is 12.3. The van der Waals surface area contributed by atoms with Crippen molar-refractivity contribution in [1.82, 2.24) is 0 Å². The summed E-state index contributed by atoms with van der Waals surface area (Å²) in [6.45, 7) is 9.27. The van der Waals surface area contributed by atoms with Gasteiger partial charge in [0.25, 0.3) is 22.7 Å². The Bertz CT molecular complexity index is 1880. The van der Waals surface area contributed by atoms with Gasteiger partial charge in [-0.3, -0.25) is 40.5 Å². The Hall–Kier alpha value is -6.32. The zero-order valence-electron chi connectivity index (χ0n) is 37.4. The predicted molar refractivity (Wildman–Crippen MR) is 244 cm³/mol. The lowest BCUT2D eigenvalue weighted by Crippen LogP contribution is -2.12. The van der Waals surface area contributed by atoms with Crippen molar-refractivity contribution in [3.63, 3.8) is 0 Å². The van der Waals surface area contributed by atoms with E-state index >= 15 is 0 Å². The monoisotopic (exact) mass is 884 g/mol. The van der Waals surface area contributed by atoms with Crippen LogP contribution >= 0.6 is 0 Å². The summed E-state index contributed by atoms with van der Waals surface area (Å²) in [5.74, 6) is 1.31. The van der Waals surface area contributed by atoms with E-state index in [1.165, 1.54) is 48.5 Å². The molecule has 0 fully saturated rings. The quantitative estimate of drug-likeness (QED) is 0.0322. The molecule has 4 aromatic rings. The van der Waals surface area contributed by atoms with Gasteiger partial charge in [-0.15, -0.1) is 0 Å². The highest BCUT2D eigenvalue weighted by Gasteiger charge is 2.29. The number of rotatable bonds is 24. The van der Waals surface area contributed by atoms with Crippen molar-refractivity contribution >= 4 is 22.7 Å². The van der Waals surface area contributed by atoms with Gasteiger partial charge in [0.2, 0.25) is 0 Å². The summed E-state index contributed by atoms with van der Waals surface area (Å²) in [6.07, 6.45) is 9.42. The second-order valence-electron chi connectivity index (χ2n) is 16.3.